The predicted molar refractivity (Wildman–Crippen MR) is 82.3 cm³/mol. The Balaban J connectivity index is 1.92. The summed E-state index contributed by atoms with van der Waals surface area (Å²) in [6.45, 7) is 6.35. The maximum Gasteiger partial charge on any atom is 0.329 e. The lowest BCUT2D eigenvalue weighted by Crippen LogP contribution is -2.51. The zero-order chi connectivity index (χ0) is 17.6. The Kier molecular flexibility index (Phi) is 4.13. The molecule has 0 aromatic carbocycles. The zero-order valence-electron chi connectivity index (χ0n) is 13.7. The number of hydrogen-bond acceptors (Lipinski definition) is 5. The van der Waals surface area contributed by atoms with Crippen molar-refractivity contribution >= 4 is 17.8 Å². The maximum absolute atomic E-state index is 12.9. The van der Waals surface area contributed by atoms with E-state index in [1.807, 2.05) is 13.8 Å². The molecule has 0 radical (unpaired) electrons. The van der Waals surface area contributed by atoms with E-state index < -0.39 is 47.4 Å². The minimum Gasteiger partial charge on any atom is -0.481 e. The van der Waals surface area contributed by atoms with Gasteiger partial charge in [-0.05, 0) is 13.1 Å². The monoisotopic (exact) mass is 338 g/mol. The van der Waals surface area contributed by atoms with Crippen molar-refractivity contribution in [2.24, 2.45) is 11.8 Å². The van der Waals surface area contributed by atoms with Crippen LogP contribution in [0.3, 0.4) is 0 Å². The highest BCUT2D eigenvalue weighted by atomic mass is 16.5. The molecular formula is C16H22N2O6. The van der Waals surface area contributed by atoms with Crippen molar-refractivity contribution in [3.8, 4) is 0 Å². The molecule has 0 aliphatic carbocycles. The van der Waals surface area contributed by atoms with Gasteiger partial charge >= 0.3 is 11.9 Å². The van der Waals surface area contributed by atoms with Crippen molar-refractivity contribution < 1.29 is 29.3 Å². The molecule has 2 bridgehead atoms. The molecule has 2 saturated heterocycles. The third kappa shape index (κ3) is 2.16. The lowest BCUT2D eigenvalue weighted by Gasteiger charge is -2.31. The first-order valence-corrected chi connectivity index (χ1v) is 8.23. The molecule has 24 heavy (non-hydrogen) atoms. The summed E-state index contributed by atoms with van der Waals surface area (Å²) in [7, 11) is 0. The highest BCUT2D eigenvalue weighted by Crippen LogP contribution is 2.54. The summed E-state index contributed by atoms with van der Waals surface area (Å²) in [5.41, 5.74) is -1.36. The number of amides is 1. The third-order valence-corrected chi connectivity index (χ3v) is 5.44. The number of carboxylic acid groups (broad SMARTS) is 2. The van der Waals surface area contributed by atoms with Crippen LogP contribution >= 0.6 is 0 Å². The van der Waals surface area contributed by atoms with Crippen LogP contribution in [0.1, 0.15) is 13.8 Å². The molecule has 3 aliphatic rings. The van der Waals surface area contributed by atoms with Crippen molar-refractivity contribution in [3.05, 3.63) is 12.2 Å². The van der Waals surface area contributed by atoms with Crippen LogP contribution in [0.15, 0.2) is 12.2 Å². The molecule has 3 aliphatic heterocycles. The molecule has 132 valence electrons. The number of carbonyl (C=O) groups excluding carboxylic acids is 1. The fourth-order valence-corrected chi connectivity index (χ4v) is 4.26. The molecule has 1 amide bonds. The highest BCUT2D eigenvalue weighted by molar-refractivity contribution is 5.97. The van der Waals surface area contributed by atoms with Crippen molar-refractivity contribution in [2.75, 3.05) is 26.2 Å². The Hall–Kier alpha value is -1.93. The zero-order valence-corrected chi connectivity index (χ0v) is 13.7. The smallest absolute Gasteiger partial charge is 0.329 e. The fourth-order valence-electron chi connectivity index (χ4n) is 4.26. The van der Waals surface area contributed by atoms with Crippen LogP contribution < -0.4 is 0 Å². The SMILES string of the molecule is CCN(CC)CCN1C(=O)C2C(C(=O)O)C3C=CC2(O3)C1C(=O)O. The van der Waals surface area contributed by atoms with Gasteiger partial charge in [-0.1, -0.05) is 26.0 Å². The first-order chi connectivity index (χ1) is 11.4. The topological polar surface area (TPSA) is 107 Å². The van der Waals surface area contributed by atoms with E-state index in [0.717, 1.165) is 13.1 Å². The number of likely N-dealkylation sites (tertiary alicyclic amines) is 1. The largest absolute Gasteiger partial charge is 0.481 e. The van der Waals surface area contributed by atoms with E-state index in [0.29, 0.717) is 6.54 Å². The molecule has 8 nitrogen and oxygen atoms in total. The second-order valence-corrected chi connectivity index (χ2v) is 6.44. The lowest BCUT2D eigenvalue weighted by molar-refractivity contribution is -0.153. The number of likely N-dealkylation sites (N-methyl/N-ethyl adjacent to an activating group) is 1. The summed E-state index contributed by atoms with van der Waals surface area (Å²) in [6, 6.07) is -1.18. The number of fused-ring (bicyclic) bond motifs is 1. The van der Waals surface area contributed by atoms with Crippen molar-refractivity contribution in [1.82, 2.24) is 9.80 Å². The van der Waals surface area contributed by atoms with E-state index in [9.17, 15) is 24.6 Å². The Bertz CT molecular complexity index is 601. The van der Waals surface area contributed by atoms with Crippen LogP contribution in [-0.4, -0.2) is 81.8 Å². The van der Waals surface area contributed by atoms with Crippen LogP contribution in [0.5, 0.6) is 0 Å². The van der Waals surface area contributed by atoms with Gasteiger partial charge in [-0.15, -0.1) is 0 Å². The van der Waals surface area contributed by atoms with Crippen LogP contribution in [0.4, 0.5) is 0 Å². The van der Waals surface area contributed by atoms with Gasteiger partial charge in [0.2, 0.25) is 5.91 Å². The van der Waals surface area contributed by atoms with Gasteiger partial charge in [0.1, 0.15) is 11.5 Å². The minimum absolute atomic E-state index is 0.240. The van der Waals surface area contributed by atoms with Gasteiger partial charge in [0.05, 0.1) is 12.0 Å². The molecule has 0 aromatic rings. The van der Waals surface area contributed by atoms with E-state index >= 15 is 0 Å². The Morgan fingerprint density at radius 3 is 2.50 bits per heavy atom. The molecule has 0 aromatic heterocycles. The van der Waals surface area contributed by atoms with Gasteiger partial charge < -0.3 is 24.7 Å². The van der Waals surface area contributed by atoms with E-state index in [1.165, 1.54) is 4.90 Å². The lowest BCUT2D eigenvalue weighted by atomic mass is 9.75. The van der Waals surface area contributed by atoms with Crippen LogP contribution in [-0.2, 0) is 19.1 Å². The van der Waals surface area contributed by atoms with Crippen molar-refractivity contribution in [2.45, 2.75) is 31.6 Å². The average molecular weight is 338 g/mol. The van der Waals surface area contributed by atoms with Gasteiger partial charge in [-0.3, -0.25) is 9.59 Å². The maximum atomic E-state index is 12.9. The Morgan fingerprint density at radius 1 is 1.29 bits per heavy atom. The van der Waals surface area contributed by atoms with Gasteiger partial charge in [0.15, 0.2) is 6.04 Å². The van der Waals surface area contributed by atoms with Gasteiger partial charge in [0, 0.05) is 13.1 Å². The fraction of sp³-hybridized carbons (Fsp3) is 0.688. The summed E-state index contributed by atoms with van der Waals surface area (Å²) in [5, 5.41) is 19.2. The number of carboxylic acids is 2. The standard InChI is InChI=1S/C16H22N2O6/c1-3-17(4-2)7-8-18-12(15(22)23)16-6-5-9(24-16)10(14(20)21)11(16)13(18)19/h5-6,9-12H,3-4,7-8H2,1-2H3,(H,20,21)(H,22,23). The van der Waals surface area contributed by atoms with E-state index in [2.05, 4.69) is 4.90 Å². The average Bonchev–Trinajstić information content (AvgIpc) is 3.15. The third-order valence-electron chi connectivity index (χ3n) is 5.44. The van der Waals surface area contributed by atoms with Gasteiger partial charge in [0.25, 0.3) is 0 Å². The minimum atomic E-state index is -1.36. The van der Waals surface area contributed by atoms with E-state index in [-0.39, 0.29) is 6.54 Å². The van der Waals surface area contributed by atoms with Gasteiger partial charge in [-0.25, -0.2) is 4.79 Å². The number of carbonyl (C=O) groups is 3. The number of nitrogens with zero attached hydrogens (tertiary/aromatic N) is 2. The molecule has 5 unspecified atom stereocenters. The molecule has 0 saturated carbocycles. The second-order valence-electron chi connectivity index (χ2n) is 6.44. The summed E-state index contributed by atoms with van der Waals surface area (Å²) in [4.78, 5) is 39.7. The number of aliphatic carboxylic acids is 2. The first-order valence-electron chi connectivity index (χ1n) is 8.23. The Morgan fingerprint density at radius 2 is 1.96 bits per heavy atom. The molecule has 5 atom stereocenters. The van der Waals surface area contributed by atoms with Crippen LogP contribution in [0, 0.1) is 11.8 Å². The molecule has 2 fully saturated rings. The van der Waals surface area contributed by atoms with Gasteiger partial charge in [-0.2, -0.15) is 0 Å². The highest BCUT2D eigenvalue weighted by Gasteiger charge is 2.73. The quantitative estimate of drug-likeness (QED) is 0.611. The normalized spacial score (nSPS) is 36.6. The number of ether oxygens (including phenoxy) is 1. The molecular weight excluding hydrogens is 316 g/mol. The molecule has 1 spiro atoms. The summed E-state index contributed by atoms with van der Waals surface area (Å²) in [5.74, 6) is -4.72. The number of hydrogen-bond donors (Lipinski definition) is 2. The summed E-state index contributed by atoms with van der Waals surface area (Å²) >= 11 is 0. The second kappa shape index (κ2) is 5.86. The van der Waals surface area contributed by atoms with E-state index in [4.69, 9.17) is 4.74 Å². The molecule has 3 rings (SSSR count). The predicted octanol–water partition coefficient (Wildman–Crippen LogP) is -0.352. The summed E-state index contributed by atoms with van der Waals surface area (Å²) < 4.78 is 5.74. The first kappa shape index (κ1) is 16.9. The summed E-state index contributed by atoms with van der Waals surface area (Å²) in [6.07, 6.45) is 2.42. The van der Waals surface area contributed by atoms with Crippen LogP contribution in [0.2, 0.25) is 0 Å². The Labute approximate surface area is 139 Å². The molecule has 3 heterocycles. The molecule has 8 heteroatoms. The molecule has 2 N–H and O–H groups in total. The van der Waals surface area contributed by atoms with Crippen LogP contribution in [0.25, 0.3) is 0 Å². The van der Waals surface area contributed by atoms with Crippen molar-refractivity contribution in [3.63, 3.8) is 0 Å². The van der Waals surface area contributed by atoms with Crippen molar-refractivity contribution in [1.29, 1.82) is 0 Å². The van der Waals surface area contributed by atoms with E-state index in [1.54, 1.807) is 12.2 Å². The number of rotatable bonds is 7.